The summed E-state index contributed by atoms with van der Waals surface area (Å²) in [7, 11) is 0. The number of aryl methyl sites for hydroxylation is 6. The molecule has 2 aromatic carbocycles. The molecule has 1 radical (unpaired) electrons. The van der Waals surface area contributed by atoms with E-state index in [1.165, 1.54) is 84.7 Å². The van der Waals surface area contributed by atoms with E-state index in [1.54, 1.807) is 0 Å². The number of pyridine rings is 1. The number of halogens is 2. The Bertz CT molecular complexity index is 1130. The van der Waals surface area contributed by atoms with E-state index in [9.17, 15) is 0 Å². The third kappa shape index (κ3) is 13.3. The second kappa shape index (κ2) is 22.6. The Morgan fingerprint density at radius 1 is 0.558 bits per heavy atom. The van der Waals surface area contributed by atoms with Crippen LogP contribution in [0.15, 0.2) is 52.4 Å². The second-order valence-electron chi connectivity index (χ2n) is 11.3. The summed E-state index contributed by atoms with van der Waals surface area (Å²) >= 11 is 0. The Balaban J connectivity index is 0.00000588. The van der Waals surface area contributed by atoms with E-state index in [0.29, 0.717) is 0 Å². The summed E-state index contributed by atoms with van der Waals surface area (Å²) in [5.74, 6) is 0. The first kappa shape index (κ1) is 41.1. The van der Waals surface area contributed by atoms with Gasteiger partial charge in [0.1, 0.15) is 0 Å². The van der Waals surface area contributed by atoms with Gasteiger partial charge in [-0.05, 0) is 99.6 Å². The number of hydrogen-bond acceptors (Lipinski definition) is 3. The number of benzene rings is 2. The minimum atomic E-state index is 0. The SMILES string of the molecule is CCCCc1cc(C)cc(CCCC)c1N=Cc1cccc(C=Nc2c(CCCC)cc(C)cc2CCCC)n1.[Cl-].[Cl-].[V+2]. The van der Waals surface area contributed by atoms with Gasteiger partial charge in [-0.1, -0.05) is 94.8 Å². The van der Waals surface area contributed by atoms with Crippen molar-refractivity contribution < 1.29 is 43.4 Å². The smallest absolute Gasteiger partial charge is 1.00 e. The van der Waals surface area contributed by atoms with E-state index in [-0.39, 0.29) is 43.4 Å². The van der Waals surface area contributed by atoms with Crippen LogP contribution in [0.5, 0.6) is 0 Å². The van der Waals surface area contributed by atoms with Crippen molar-refractivity contribution in [1.29, 1.82) is 0 Å². The van der Waals surface area contributed by atoms with Gasteiger partial charge in [0.2, 0.25) is 0 Å². The molecule has 0 aliphatic carbocycles. The Labute approximate surface area is 286 Å². The van der Waals surface area contributed by atoms with Gasteiger partial charge in [-0.3, -0.25) is 9.98 Å². The van der Waals surface area contributed by atoms with E-state index >= 15 is 0 Å². The summed E-state index contributed by atoms with van der Waals surface area (Å²) < 4.78 is 0. The van der Waals surface area contributed by atoms with E-state index in [1.807, 2.05) is 24.6 Å². The van der Waals surface area contributed by atoms with E-state index in [4.69, 9.17) is 15.0 Å². The van der Waals surface area contributed by atoms with Crippen molar-refractivity contribution in [3.63, 3.8) is 0 Å². The zero-order valence-electron chi connectivity index (χ0n) is 27.2. The first-order valence-corrected chi connectivity index (χ1v) is 15.8. The van der Waals surface area contributed by atoms with Crippen LogP contribution in [0.2, 0.25) is 0 Å². The van der Waals surface area contributed by atoms with Crippen LogP contribution in [-0.4, -0.2) is 17.4 Å². The average molecular weight is 660 g/mol. The van der Waals surface area contributed by atoms with Crippen LogP contribution < -0.4 is 24.8 Å². The summed E-state index contributed by atoms with van der Waals surface area (Å²) in [6.45, 7) is 13.4. The van der Waals surface area contributed by atoms with Crippen molar-refractivity contribution >= 4 is 23.8 Å². The quantitative estimate of drug-likeness (QED) is 0.208. The minimum Gasteiger partial charge on any atom is -1.00 e. The Hall–Kier alpha value is -1.91. The summed E-state index contributed by atoms with van der Waals surface area (Å²) in [5, 5.41) is 0. The van der Waals surface area contributed by atoms with Gasteiger partial charge in [0.05, 0.1) is 35.2 Å². The number of rotatable bonds is 16. The molecule has 0 spiro atoms. The fourth-order valence-corrected chi connectivity index (χ4v) is 5.31. The molecule has 3 aromatic rings. The Morgan fingerprint density at radius 2 is 0.860 bits per heavy atom. The molecule has 3 nitrogen and oxygen atoms in total. The predicted molar refractivity (Wildman–Crippen MR) is 176 cm³/mol. The van der Waals surface area contributed by atoms with Crippen molar-refractivity contribution in [2.24, 2.45) is 9.98 Å². The first-order valence-electron chi connectivity index (χ1n) is 15.8. The molecule has 6 heteroatoms. The molecule has 3 rings (SSSR count). The van der Waals surface area contributed by atoms with Gasteiger partial charge in [-0.2, -0.15) is 0 Å². The molecule has 0 aliphatic rings. The van der Waals surface area contributed by atoms with E-state index in [0.717, 1.165) is 48.4 Å². The van der Waals surface area contributed by atoms with Gasteiger partial charge >= 0.3 is 18.6 Å². The summed E-state index contributed by atoms with van der Waals surface area (Å²) in [5.41, 5.74) is 12.1. The van der Waals surface area contributed by atoms with Crippen molar-refractivity contribution in [2.45, 2.75) is 119 Å². The number of nitrogens with zero attached hydrogens (tertiary/aromatic N) is 3. The molecule has 0 saturated carbocycles. The largest absolute Gasteiger partial charge is 2.00 e. The monoisotopic (exact) mass is 658 g/mol. The third-order valence-corrected chi connectivity index (χ3v) is 7.47. The van der Waals surface area contributed by atoms with E-state index in [2.05, 4.69) is 71.9 Å². The number of hydrogen-bond donors (Lipinski definition) is 0. The molecule has 233 valence electrons. The van der Waals surface area contributed by atoms with Crippen LogP contribution in [0.1, 0.15) is 124 Å². The van der Waals surface area contributed by atoms with Crippen LogP contribution in [0.4, 0.5) is 11.4 Å². The number of aromatic nitrogens is 1. The maximum atomic E-state index is 5.06. The molecule has 43 heavy (non-hydrogen) atoms. The normalized spacial score (nSPS) is 10.9. The average Bonchev–Trinajstić information content (AvgIpc) is 2.95. The molecule has 0 N–H and O–H groups in total. The molecule has 0 unspecified atom stereocenters. The first-order chi connectivity index (χ1) is 19.5. The van der Waals surface area contributed by atoms with Gasteiger partial charge in [0.15, 0.2) is 0 Å². The molecular weight excluding hydrogens is 608 g/mol. The van der Waals surface area contributed by atoms with Crippen molar-refractivity contribution in [2.75, 3.05) is 0 Å². The maximum Gasteiger partial charge on any atom is 2.00 e. The fourth-order valence-electron chi connectivity index (χ4n) is 5.31. The zero-order chi connectivity index (χ0) is 28.7. The molecule has 0 aliphatic heterocycles. The van der Waals surface area contributed by atoms with Gasteiger partial charge in [0.25, 0.3) is 0 Å². The van der Waals surface area contributed by atoms with Gasteiger partial charge < -0.3 is 24.8 Å². The standard InChI is InChI=1S/C37H51N3.2ClH.V/c1-7-11-16-30-22-28(5)23-31(17-12-8-2)36(30)38-26-34-20-15-21-35(40-34)27-39-37-32(18-13-9-3)24-29(6)25-33(37)19-14-10-4;;;/h15,20-27H,7-14,16-19H2,1-6H3;2*1H;/q;;;+2/p-2. The molecule has 1 aromatic heterocycles. The summed E-state index contributed by atoms with van der Waals surface area (Å²) in [4.78, 5) is 15.0. The van der Waals surface area contributed by atoms with E-state index < -0.39 is 0 Å². The summed E-state index contributed by atoms with van der Waals surface area (Å²) in [6, 6.07) is 15.4. The second-order valence-corrected chi connectivity index (χ2v) is 11.3. The molecule has 0 saturated heterocycles. The van der Waals surface area contributed by atoms with Crippen LogP contribution in [-0.2, 0) is 44.2 Å². The Kier molecular flexibility index (Phi) is 21.6. The molecule has 0 bridgehead atoms. The van der Waals surface area contributed by atoms with Gasteiger partial charge in [0, 0.05) is 0 Å². The fraction of sp³-hybridized carbons (Fsp3) is 0.486. The molecule has 0 atom stereocenters. The Morgan fingerprint density at radius 3 is 1.14 bits per heavy atom. The van der Waals surface area contributed by atoms with Crippen molar-refractivity contribution in [3.8, 4) is 0 Å². The maximum absolute atomic E-state index is 5.06. The van der Waals surface area contributed by atoms with Crippen LogP contribution in [0.25, 0.3) is 0 Å². The molecule has 1 heterocycles. The van der Waals surface area contributed by atoms with Gasteiger partial charge in [-0.25, -0.2) is 4.98 Å². The number of aliphatic imine (C=N–C) groups is 2. The molecule has 0 fully saturated rings. The van der Waals surface area contributed by atoms with Crippen LogP contribution >= 0.6 is 0 Å². The minimum absolute atomic E-state index is 0. The van der Waals surface area contributed by atoms with Crippen molar-refractivity contribution in [3.05, 3.63) is 87.2 Å². The summed E-state index contributed by atoms with van der Waals surface area (Å²) in [6.07, 6.45) is 17.6. The number of unbranched alkanes of at least 4 members (excludes halogenated alkanes) is 4. The van der Waals surface area contributed by atoms with Crippen molar-refractivity contribution in [1.82, 2.24) is 4.98 Å². The van der Waals surface area contributed by atoms with Crippen LogP contribution in [0.3, 0.4) is 0 Å². The third-order valence-electron chi connectivity index (χ3n) is 7.47. The molecule has 0 amide bonds. The predicted octanol–water partition coefficient (Wildman–Crippen LogP) is 4.58. The topological polar surface area (TPSA) is 37.6 Å². The molecular formula is C37H51Cl2N3V. The zero-order valence-corrected chi connectivity index (χ0v) is 30.1. The van der Waals surface area contributed by atoms with Gasteiger partial charge in [-0.15, -0.1) is 0 Å². The van der Waals surface area contributed by atoms with Crippen LogP contribution in [0, 0.1) is 13.8 Å².